The highest BCUT2D eigenvalue weighted by Gasteiger charge is 2.15. The lowest BCUT2D eigenvalue weighted by Gasteiger charge is -2.12. The van der Waals surface area contributed by atoms with Crippen molar-refractivity contribution in [1.82, 2.24) is 15.6 Å². The van der Waals surface area contributed by atoms with E-state index in [1.807, 2.05) is 0 Å². The van der Waals surface area contributed by atoms with E-state index >= 15 is 0 Å². The van der Waals surface area contributed by atoms with Crippen LogP contribution in [0, 0.1) is 0 Å². The molecule has 0 amide bonds. The molecule has 0 aliphatic carbocycles. The second kappa shape index (κ2) is 11.9. The van der Waals surface area contributed by atoms with Crippen molar-refractivity contribution < 1.29 is 4.74 Å². The first kappa shape index (κ1) is 20.4. The number of halogens is 1. The van der Waals surface area contributed by atoms with Crippen LogP contribution in [0.1, 0.15) is 25.5 Å². The molecule has 0 radical (unpaired) electrons. The number of aliphatic imine (C=N–C) groups is 1. The van der Waals surface area contributed by atoms with Crippen LogP contribution in [0.25, 0.3) is 0 Å². The Hall–Kier alpha value is -0.610. The number of nitrogens with zero attached hydrogens (tertiary/aromatic N) is 3. The highest BCUT2D eigenvalue weighted by atomic mass is 127. The van der Waals surface area contributed by atoms with Gasteiger partial charge < -0.3 is 20.3 Å². The van der Waals surface area contributed by atoms with Crippen LogP contribution in [0.2, 0.25) is 0 Å². The SMILES string of the molecule is CCNC(=NCCOC)NCCc1csc(N2CCCC2)n1.I. The second-order valence-corrected chi connectivity index (χ2v) is 6.08. The van der Waals surface area contributed by atoms with E-state index in [0.29, 0.717) is 13.2 Å². The normalized spacial score (nSPS) is 14.7. The zero-order valence-corrected chi connectivity index (χ0v) is 17.2. The van der Waals surface area contributed by atoms with E-state index in [1.165, 1.54) is 18.0 Å². The Morgan fingerprint density at radius 1 is 1.39 bits per heavy atom. The van der Waals surface area contributed by atoms with Crippen molar-refractivity contribution in [3.63, 3.8) is 0 Å². The summed E-state index contributed by atoms with van der Waals surface area (Å²) in [6.07, 6.45) is 3.50. The minimum atomic E-state index is 0. The standard InChI is InChI=1S/C15H27N5OS.HI/c1-3-16-14(18-8-11-21-2)17-7-6-13-12-22-15(19-13)20-9-4-5-10-20;/h12H,3-11H2,1-2H3,(H2,16,17,18);1H. The Balaban J connectivity index is 0.00000264. The zero-order chi connectivity index (χ0) is 15.6. The third-order valence-electron chi connectivity index (χ3n) is 3.50. The van der Waals surface area contributed by atoms with Gasteiger partial charge in [0, 0.05) is 45.1 Å². The first-order valence-electron chi connectivity index (χ1n) is 8.04. The van der Waals surface area contributed by atoms with Crippen LogP contribution >= 0.6 is 35.3 Å². The number of rotatable bonds is 8. The van der Waals surface area contributed by atoms with Crippen LogP contribution < -0.4 is 15.5 Å². The topological polar surface area (TPSA) is 61.8 Å². The lowest BCUT2D eigenvalue weighted by atomic mass is 10.3. The predicted octanol–water partition coefficient (Wildman–Crippen LogP) is 2.11. The zero-order valence-electron chi connectivity index (χ0n) is 14.0. The Kier molecular flexibility index (Phi) is 10.5. The maximum Gasteiger partial charge on any atom is 0.191 e. The summed E-state index contributed by atoms with van der Waals surface area (Å²) < 4.78 is 5.02. The van der Waals surface area contributed by atoms with Crippen molar-refractivity contribution in [3.8, 4) is 0 Å². The largest absolute Gasteiger partial charge is 0.383 e. The van der Waals surface area contributed by atoms with E-state index in [9.17, 15) is 0 Å². The van der Waals surface area contributed by atoms with Gasteiger partial charge in [-0.1, -0.05) is 0 Å². The molecular formula is C15H28IN5OS. The fourth-order valence-corrected chi connectivity index (χ4v) is 3.28. The first-order valence-corrected chi connectivity index (χ1v) is 8.92. The van der Waals surface area contributed by atoms with Gasteiger partial charge in [0.1, 0.15) is 0 Å². The number of hydrogen-bond acceptors (Lipinski definition) is 5. The number of anilines is 1. The van der Waals surface area contributed by atoms with E-state index in [2.05, 4.69) is 32.8 Å². The van der Waals surface area contributed by atoms with E-state index < -0.39 is 0 Å². The number of nitrogens with one attached hydrogen (secondary N) is 2. The molecule has 0 spiro atoms. The Labute approximate surface area is 160 Å². The number of hydrogen-bond donors (Lipinski definition) is 2. The molecule has 2 N–H and O–H groups in total. The summed E-state index contributed by atoms with van der Waals surface area (Å²) in [7, 11) is 1.69. The van der Waals surface area contributed by atoms with Gasteiger partial charge in [0.2, 0.25) is 0 Å². The van der Waals surface area contributed by atoms with Crippen molar-refractivity contribution in [3.05, 3.63) is 11.1 Å². The molecule has 1 saturated heterocycles. The van der Waals surface area contributed by atoms with Crippen LogP contribution in [0.4, 0.5) is 5.13 Å². The van der Waals surface area contributed by atoms with Gasteiger partial charge in [-0.3, -0.25) is 4.99 Å². The average Bonchev–Trinajstić information content (AvgIpc) is 3.18. The highest BCUT2D eigenvalue weighted by Crippen LogP contribution is 2.24. The van der Waals surface area contributed by atoms with Gasteiger partial charge in [-0.15, -0.1) is 35.3 Å². The third-order valence-corrected chi connectivity index (χ3v) is 4.45. The summed E-state index contributed by atoms with van der Waals surface area (Å²) in [5, 5.41) is 9.92. The molecule has 1 fully saturated rings. The Morgan fingerprint density at radius 2 is 2.17 bits per heavy atom. The molecule has 6 nitrogen and oxygen atoms in total. The van der Waals surface area contributed by atoms with E-state index in [1.54, 1.807) is 18.4 Å². The van der Waals surface area contributed by atoms with Crippen molar-refractivity contribution in [1.29, 1.82) is 0 Å². The third kappa shape index (κ3) is 7.21. The average molecular weight is 453 g/mol. The van der Waals surface area contributed by atoms with Gasteiger partial charge in [-0.2, -0.15) is 0 Å². The number of thiazole rings is 1. The number of guanidine groups is 1. The summed E-state index contributed by atoms with van der Waals surface area (Å²) in [6.45, 7) is 7.38. The van der Waals surface area contributed by atoms with Gasteiger partial charge in [-0.25, -0.2) is 4.98 Å². The molecule has 0 unspecified atom stereocenters. The van der Waals surface area contributed by atoms with E-state index in [-0.39, 0.29) is 24.0 Å². The minimum Gasteiger partial charge on any atom is -0.383 e. The highest BCUT2D eigenvalue weighted by molar-refractivity contribution is 14.0. The molecule has 0 atom stereocenters. The van der Waals surface area contributed by atoms with Crippen LogP contribution in [0.5, 0.6) is 0 Å². The predicted molar refractivity (Wildman–Crippen MR) is 109 cm³/mol. The maximum absolute atomic E-state index is 5.02. The maximum atomic E-state index is 5.02. The minimum absolute atomic E-state index is 0. The summed E-state index contributed by atoms with van der Waals surface area (Å²) in [5.41, 5.74) is 1.16. The lowest BCUT2D eigenvalue weighted by molar-refractivity contribution is 0.208. The Morgan fingerprint density at radius 3 is 2.87 bits per heavy atom. The molecule has 1 aliphatic rings. The van der Waals surface area contributed by atoms with Crippen molar-refractivity contribution in [2.75, 3.05) is 51.3 Å². The van der Waals surface area contributed by atoms with Gasteiger partial charge in [0.15, 0.2) is 11.1 Å². The molecule has 0 aromatic carbocycles. The first-order chi connectivity index (χ1) is 10.8. The second-order valence-electron chi connectivity index (χ2n) is 5.25. The van der Waals surface area contributed by atoms with E-state index in [0.717, 1.165) is 44.3 Å². The Bertz CT molecular complexity index is 462. The number of ether oxygens (including phenoxy) is 1. The molecule has 8 heteroatoms. The summed E-state index contributed by atoms with van der Waals surface area (Å²) in [4.78, 5) is 11.6. The molecular weight excluding hydrogens is 425 g/mol. The molecule has 0 saturated carbocycles. The molecule has 23 heavy (non-hydrogen) atoms. The van der Waals surface area contributed by atoms with Crippen LogP contribution in [-0.2, 0) is 11.2 Å². The van der Waals surface area contributed by atoms with Gasteiger partial charge in [-0.05, 0) is 19.8 Å². The van der Waals surface area contributed by atoms with Crippen molar-refractivity contribution in [2.24, 2.45) is 4.99 Å². The van der Waals surface area contributed by atoms with Gasteiger partial charge >= 0.3 is 0 Å². The smallest absolute Gasteiger partial charge is 0.191 e. The fourth-order valence-electron chi connectivity index (χ4n) is 2.36. The monoisotopic (exact) mass is 453 g/mol. The van der Waals surface area contributed by atoms with Crippen LogP contribution in [0.15, 0.2) is 10.4 Å². The number of methoxy groups -OCH3 is 1. The van der Waals surface area contributed by atoms with Crippen LogP contribution in [0.3, 0.4) is 0 Å². The van der Waals surface area contributed by atoms with Crippen molar-refractivity contribution in [2.45, 2.75) is 26.2 Å². The molecule has 1 aliphatic heterocycles. The van der Waals surface area contributed by atoms with Crippen molar-refractivity contribution >= 4 is 46.4 Å². The molecule has 0 bridgehead atoms. The molecule has 1 aromatic rings. The van der Waals surface area contributed by atoms with Gasteiger partial charge in [0.05, 0.1) is 18.8 Å². The quantitative estimate of drug-likeness (QED) is 0.273. The fraction of sp³-hybridized carbons (Fsp3) is 0.733. The van der Waals surface area contributed by atoms with Gasteiger partial charge in [0.25, 0.3) is 0 Å². The lowest BCUT2D eigenvalue weighted by Crippen LogP contribution is -2.38. The van der Waals surface area contributed by atoms with Crippen LogP contribution in [-0.4, -0.2) is 57.4 Å². The van der Waals surface area contributed by atoms with E-state index in [4.69, 9.17) is 9.72 Å². The summed E-state index contributed by atoms with van der Waals surface area (Å²) >= 11 is 1.76. The molecule has 132 valence electrons. The number of aromatic nitrogens is 1. The molecule has 1 aromatic heterocycles. The molecule has 2 rings (SSSR count). The summed E-state index contributed by atoms with van der Waals surface area (Å²) in [5.74, 6) is 0.842. The molecule has 2 heterocycles. The summed E-state index contributed by atoms with van der Waals surface area (Å²) in [6, 6.07) is 0.